The number of nitrogens with zero attached hydrogens (tertiary/aromatic N) is 3. The summed E-state index contributed by atoms with van der Waals surface area (Å²) in [6.45, 7) is 3.94. The van der Waals surface area contributed by atoms with Gasteiger partial charge in [0, 0.05) is 25.7 Å². The molecule has 0 saturated carbocycles. The zero-order valence-electron chi connectivity index (χ0n) is 14.1. The predicted molar refractivity (Wildman–Crippen MR) is 97.5 cm³/mol. The Bertz CT molecular complexity index is 586. The molecule has 2 atom stereocenters. The lowest BCUT2D eigenvalue weighted by molar-refractivity contribution is -0.132. The van der Waals surface area contributed by atoms with Crippen LogP contribution >= 0.6 is 11.8 Å². The summed E-state index contributed by atoms with van der Waals surface area (Å²) in [6.07, 6.45) is 3.52. The molecular formula is C19H25N3OS. The number of fused-ring (bicyclic) bond motifs is 1. The maximum Gasteiger partial charge on any atom is 0.232 e. The smallest absolute Gasteiger partial charge is 0.232 e. The highest BCUT2D eigenvalue weighted by Crippen LogP contribution is 2.31. The van der Waals surface area contributed by atoms with E-state index in [4.69, 9.17) is 5.26 Å². The Labute approximate surface area is 148 Å². The van der Waals surface area contributed by atoms with Crippen molar-refractivity contribution in [3.05, 3.63) is 35.9 Å². The van der Waals surface area contributed by atoms with Crippen LogP contribution in [0.2, 0.25) is 0 Å². The highest BCUT2D eigenvalue weighted by Gasteiger charge is 2.36. The van der Waals surface area contributed by atoms with Gasteiger partial charge in [-0.05, 0) is 37.3 Å². The Morgan fingerprint density at radius 3 is 2.88 bits per heavy atom. The third-order valence-electron chi connectivity index (χ3n) is 5.16. The largest absolute Gasteiger partial charge is 0.342 e. The van der Waals surface area contributed by atoms with Crippen LogP contribution in [0.3, 0.4) is 0 Å². The van der Waals surface area contributed by atoms with E-state index >= 15 is 0 Å². The zero-order chi connectivity index (χ0) is 16.8. The van der Waals surface area contributed by atoms with Gasteiger partial charge < -0.3 is 4.90 Å². The number of hydrogen-bond acceptors (Lipinski definition) is 4. The lowest BCUT2D eigenvalue weighted by atomic mass is 9.83. The fraction of sp³-hybridized carbons (Fsp3) is 0.579. The first kappa shape index (κ1) is 17.3. The first-order valence-electron chi connectivity index (χ1n) is 8.78. The van der Waals surface area contributed by atoms with Crippen molar-refractivity contribution < 1.29 is 4.79 Å². The lowest BCUT2D eigenvalue weighted by Crippen LogP contribution is -2.55. The van der Waals surface area contributed by atoms with Gasteiger partial charge in [-0.1, -0.05) is 30.3 Å². The molecule has 1 amide bonds. The number of carbonyl (C=O) groups is 1. The molecule has 24 heavy (non-hydrogen) atoms. The van der Waals surface area contributed by atoms with E-state index in [1.165, 1.54) is 36.7 Å². The average Bonchev–Trinajstić information content (AvgIpc) is 2.62. The molecule has 0 unspecified atom stereocenters. The second-order valence-corrected chi connectivity index (χ2v) is 7.69. The molecule has 0 radical (unpaired) electrons. The number of piperidine rings is 2. The van der Waals surface area contributed by atoms with Crippen molar-refractivity contribution in [3.8, 4) is 6.07 Å². The molecule has 2 heterocycles. The number of rotatable bonds is 5. The molecule has 2 aliphatic rings. The summed E-state index contributed by atoms with van der Waals surface area (Å²) in [5.74, 6) is 1.64. The minimum absolute atomic E-state index is 0.203. The number of carbonyl (C=O) groups excluding carboxylic acids is 1. The molecule has 2 saturated heterocycles. The standard InChI is InChI=1S/C19H25N3OS/c20-9-12-24-15-19(23)22-11-8-18-17(14-22)7-4-10-21(18)13-16-5-2-1-3-6-16/h1-3,5-6,17-18H,4,7-8,10-15H2/t17-,18+/m1/s1. The molecule has 4 nitrogen and oxygen atoms in total. The number of hydrogen-bond donors (Lipinski definition) is 0. The van der Waals surface area contributed by atoms with Crippen LogP contribution in [-0.4, -0.2) is 52.9 Å². The monoisotopic (exact) mass is 343 g/mol. The predicted octanol–water partition coefficient (Wildman–Crippen LogP) is 2.76. The van der Waals surface area contributed by atoms with Gasteiger partial charge in [0.1, 0.15) is 0 Å². The van der Waals surface area contributed by atoms with Crippen molar-refractivity contribution in [1.29, 1.82) is 5.26 Å². The van der Waals surface area contributed by atoms with Gasteiger partial charge in [0.15, 0.2) is 0 Å². The Kier molecular flexibility index (Phi) is 6.17. The van der Waals surface area contributed by atoms with Crippen molar-refractivity contribution in [2.24, 2.45) is 5.92 Å². The number of likely N-dealkylation sites (tertiary alicyclic amines) is 2. The third-order valence-corrected chi connectivity index (χ3v) is 5.94. The van der Waals surface area contributed by atoms with E-state index in [-0.39, 0.29) is 5.91 Å². The number of nitriles is 1. The maximum atomic E-state index is 12.3. The molecular weight excluding hydrogens is 318 g/mol. The van der Waals surface area contributed by atoms with E-state index in [1.54, 1.807) is 0 Å². The Morgan fingerprint density at radius 1 is 1.25 bits per heavy atom. The molecule has 0 aromatic heterocycles. The summed E-state index contributed by atoms with van der Waals surface area (Å²) in [4.78, 5) is 16.9. The molecule has 0 spiro atoms. The quantitative estimate of drug-likeness (QED) is 0.771. The summed E-state index contributed by atoms with van der Waals surface area (Å²) in [6, 6.07) is 13.4. The van der Waals surface area contributed by atoms with Crippen LogP contribution in [0.15, 0.2) is 30.3 Å². The van der Waals surface area contributed by atoms with Gasteiger partial charge in [-0.15, -0.1) is 11.8 Å². The average molecular weight is 343 g/mol. The van der Waals surface area contributed by atoms with Crippen molar-refractivity contribution in [2.45, 2.75) is 31.8 Å². The summed E-state index contributed by atoms with van der Waals surface area (Å²) in [5, 5.41) is 8.59. The van der Waals surface area contributed by atoms with E-state index < -0.39 is 0 Å². The topological polar surface area (TPSA) is 47.3 Å². The Morgan fingerprint density at radius 2 is 2.08 bits per heavy atom. The van der Waals surface area contributed by atoms with Crippen LogP contribution in [0, 0.1) is 17.2 Å². The summed E-state index contributed by atoms with van der Waals surface area (Å²) in [7, 11) is 0. The van der Waals surface area contributed by atoms with E-state index in [0.29, 0.717) is 23.5 Å². The first-order chi connectivity index (χ1) is 11.8. The summed E-state index contributed by atoms with van der Waals surface area (Å²) < 4.78 is 0. The molecule has 3 rings (SSSR count). The Hall–Kier alpha value is -1.51. The lowest BCUT2D eigenvalue weighted by Gasteiger charge is -2.47. The second-order valence-electron chi connectivity index (χ2n) is 6.71. The third kappa shape index (κ3) is 4.31. The van der Waals surface area contributed by atoms with Crippen LogP contribution in [0.4, 0.5) is 0 Å². The Balaban J connectivity index is 1.56. The van der Waals surface area contributed by atoms with Crippen LogP contribution in [0.25, 0.3) is 0 Å². The minimum Gasteiger partial charge on any atom is -0.342 e. The van der Waals surface area contributed by atoms with Gasteiger partial charge in [0.05, 0.1) is 17.6 Å². The van der Waals surface area contributed by atoms with Crippen LogP contribution < -0.4 is 0 Å². The number of thioether (sulfide) groups is 1. The molecule has 128 valence electrons. The summed E-state index contributed by atoms with van der Waals surface area (Å²) >= 11 is 1.42. The van der Waals surface area contributed by atoms with Gasteiger partial charge >= 0.3 is 0 Å². The van der Waals surface area contributed by atoms with Crippen molar-refractivity contribution in [3.63, 3.8) is 0 Å². The SMILES string of the molecule is N#CCSCC(=O)N1CC[C@H]2[C@H](CCCN2Cc2ccccc2)C1. The second kappa shape index (κ2) is 8.55. The maximum absolute atomic E-state index is 12.3. The van der Waals surface area contributed by atoms with Crippen molar-refractivity contribution in [1.82, 2.24) is 9.80 Å². The normalized spacial score (nSPS) is 24.2. The van der Waals surface area contributed by atoms with Crippen molar-refractivity contribution >= 4 is 17.7 Å². The zero-order valence-corrected chi connectivity index (χ0v) is 14.9. The van der Waals surface area contributed by atoms with Crippen molar-refractivity contribution in [2.75, 3.05) is 31.1 Å². The number of amides is 1. The van der Waals surface area contributed by atoms with Gasteiger partial charge in [0.25, 0.3) is 0 Å². The van der Waals surface area contributed by atoms with Gasteiger partial charge in [-0.2, -0.15) is 5.26 Å². The molecule has 5 heteroatoms. The van der Waals surface area contributed by atoms with E-state index in [2.05, 4.69) is 41.3 Å². The molecule has 2 aliphatic heterocycles. The molecule has 0 N–H and O–H groups in total. The van der Waals surface area contributed by atoms with Crippen LogP contribution in [0.5, 0.6) is 0 Å². The molecule has 2 fully saturated rings. The molecule has 0 bridgehead atoms. The van der Waals surface area contributed by atoms with Crippen LogP contribution in [0.1, 0.15) is 24.8 Å². The fourth-order valence-corrected chi connectivity index (χ4v) is 4.57. The van der Waals surface area contributed by atoms with Gasteiger partial charge in [0.2, 0.25) is 5.91 Å². The number of benzene rings is 1. The minimum atomic E-state index is 0.203. The summed E-state index contributed by atoms with van der Waals surface area (Å²) in [5.41, 5.74) is 1.38. The van der Waals surface area contributed by atoms with Gasteiger partial charge in [-0.3, -0.25) is 9.69 Å². The van der Waals surface area contributed by atoms with Gasteiger partial charge in [-0.25, -0.2) is 0 Å². The van der Waals surface area contributed by atoms with Crippen LogP contribution in [-0.2, 0) is 11.3 Å². The van der Waals surface area contributed by atoms with E-state index in [0.717, 1.165) is 26.1 Å². The van der Waals surface area contributed by atoms with E-state index in [1.807, 2.05) is 4.90 Å². The highest BCUT2D eigenvalue weighted by molar-refractivity contribution is 8.00. The highest BCUT2D eigenvalue weighted by atomic mass is 32.2. The fourth-order valence-electron chi connectivity index (χ4n) is 4.02. The molecule has 1 aromatic rings. The first-order valence-corrected chi connectivity index (χ1v) is 9.94. The molecule has 0 aliphatic carbocycles. The van der Waals surface area contributed by atoms with E-state index in [9.17, 15) is 4.79 Å². The molecule has 1 aromatic carbocycles.